The third-order valence-electron chi connectivity index (χ3n) is 6.49. The molecular formula is C24H24ClN9O. The fraction of sp³-hybridized carbons (Fsp3) is 0.292. The number of nitrogens with zero attached hydrogens (tertiary/aromatic N) is 7. The van der Waals surface area contributed by atoms with Crippen molar-refractivity contribution in [2.75, 3.05) is 36.4 Å². The van der Waals surface area contributed by atoms with Gasteiger partial charge in [-0.3, -0.25) is 4.79 Å². The molecule has 6 heterocycles. The predicted octanol–water partition coefficient (Wildman–Crippen LogP) is 2.86. The lowest BCUT2D eigenvalue weighted by Gasteiger charge is -2.29. The van der Waals surface area contributed by atoms with Crippen molar-refractivity contribution in [1.82, 2.24) is 34.8 Å². The molecule has 4 aromatic heterocycles. The number of carbonyl (C=O) groups is 1. The molecule has 10 nitrogen and oxygen atoms in total. The van der Waals surface area contributed by atoms with Crippen LogP contribution in [-0.2, 0) is 17.9 Å². The number of hydrogen-bond donors (Lipinski definition) is 2. The number of nitrogens with one attached hydrogen (secondary N) is 2. The van der Waals surface area contributed by atoms with E-state index in [1.807, 2.05) is 35.0 Å². The van der Waals surface area contributed by atoms with Crippen molar-refractivity contribution >= 4 is 40.5 Å². The molecule has 4 aromatic rings. The normalized spacial score (nSPS) is 15.5. The van der Waals surface area contributed by atoms with E-state index in [1.165, 1.54) is 0 Å². The molecule has 1 fully saturated rings. The molecule has 35 heavy (non-hydrogen) atoms. The van der Waals surface area contributed by atoms with Gasteiger partial charge in [0.15, 0.2) is 0 Å². The van der Waals surface area contributed by atoms with Crippen LogP contribution in [0.4, 0.5) is 17.5 Å². The van der Waals surface area contributed by atoms with E-state index in [9.17, 15) is 4.79 Å². The van der Waals surface area contributed by atoms with Crippen molar-refractivity contribution in [2.24, 2.45) is 0 Å². The number of anilines is 3. The van der Waals surface area contributed by atoms with Crippen LogP contribution in [0.15, 0.2) is 42.9 Å². The average Bonchev–Trinajstić information content (AvgIpc) is 3.51. The topological polar surface area (TPSA) is 104 Å². The van der Waals surface area contributed by atoms with E-state index >= 15 is 0 Å². The Morgan fingerprint density at radius 1 is 1.06 bits per heavy atom. The van der Waals surface area contributed by atoms with E-state index in [-0.39, 0.29) is 5.91 Å². The molecule has 0 spiro atoms. The van der Waals surface area contributed by atoms with Gasteiger partial charge in [-0.1, -0.05) is 17.7 Å². The second-order valence-corrected chi connectivity index (χ2v) is 9.10. The summed E-state index contributed by atoms with van der Waals surface area (Å²) >= 11 is 6.51. The summed E-state index contributed by atoms with van der Waals surface area (Å²) < 4.78 is 1.87. The van der Waals surface area contributed by atoms with Crippen molar-refractivity contribution in [3.63, 3.8) is 0 Å². The molecule has 2 aliphatic rings. The van der Waals surface area contributed by atoms with Crippen LogP contribution in [0.3, 0.4) is 0 Å². The number of piperazine rings is 1. The number of aromatic nitrogens is 5. The first-order valence-corrected chi connectivity index (χ1v) is 11.9. The molecule has 11 heteroatoms. The number of halogens is 1. The molecule has 6 rings (SSSR count). The molecule has 1 amide bonds. The van der Waals surface area contributed by atoms with E-state index in [0.29, 0.717) is 35.6 Å². The summed E-state index contributed by atoms with van der Waals surface area (Å²) in [5.41, 5.74) is 5.44. The largest absolute Gasteiger partial charge is 0.368 e. The molecule has 0 atom stereocenters. The predicted molar refractivity (Wildman–Crippen MR) is 134 cm³/mol. The number of amides is 1. The van der Waals surface area contributed by atoms with Gasteiger partial charge in [0, 0.05) is 45.2 Å². The Balaban J connectivity index is 1.27. The Hall–Kier alpha value is -3.76. The summed E-state index contributed by atoms with van der Waals surface area (Å²) in [4.78, 5) is 29.5. The van der Waals surface area contributed by atoms with Crippen LogP contribution < -0.4 is 15.5 Å². The van der Waals surface area contributed by atoms with Crippen molar-refractivity contribution < 1.29 is 4.79 Å². The van der Waals surface area contributed by atoms with Crippen molar-refractivity contribution in [3.8, 4) is 11.3 Å². The average molecular weight is 490 g/mol. The second-order valence-electron chi connectivity index (χ2n) is 8.69. The van der Waals surface area contributed by atoms with Crippen molar-refractivity contribution in [3.05, 3.63) is 59.1 Å². The van der Waals surface area contributed by atoms with Crippen LogP contribution in [0.5, 0.6) is 0 Å². The number of fused-ring (bicyclic) bond motifs is 3. The third-order valence-corrected chi connectivity index (χ3v) is 6.77. The summed E-state index contributed by atoms with van der Waals surface area (Å²) in [6.07, 6.45) is 5.20. The maximum absolute atomic E-state index is 11.9. The molecule has 1 saturated heterocycles. The van der Waals surface area contributed by atoms with E-state index in [0.717, 1.165) is 54.2 Å². The zero-order chi connectivity index (χ0) is 23.9. The van der Waals surface area contributed by atoms with Gasteiger partial charge in [0.2, 0.25) is 11.9 Å². The number of carbonyl (C=O) groups excluding carboxylic acids is 1. The first kappa shape index (κ1) is 21.8. The summed E-state index contributed by atoms with van der Waals surface area (Å²) in [6, 6.07) is 8.01. The fourth-order valence-electron chi connectivity index (χ4n) is 4.61. The lowest BCUT2D eigenvalue weighted by molar-refractivity contribution is -0.129. The van der Waals surface area contributed by atoms with Gasteiger partial charge in [0.05, 0.1) is 52.7 Å². The highest BCUT2D eigenvalue weighted by atomic mass is 35.5. The Bertz CT molecular complexity index is 1410. The first-order chi connectivity index (χ1) is 17.1. The summed E-state index contributed by atoms with van der Waals surface area (Å²) in [7, 11) is 0. The molecule has 0 bridgehead atoms. The van der Waals surface area contributed by atoms with E-state index in [1.54, 1.807) is 24.2 Å². The number of rotatable bonds is 4. The number of pyridine rings is 2. The van der Waals surface area contributed by atoms with Gasteiger partial charge in [-0.25, -0.2) is 19.5 Å². The van der Waals surface area contributed by atoms with Crippen LogP contribution in [0, 0.1) is 0 Å². The highest BCUT2D eigenvalue weighted by molar-refractivity contribution is 6.33. The van der Waals surface area contributed by atoms with Crippen LogP contribution >= 0.6 is 11.6 Å². The zero-order valence-electron chi connectivity index (χ0n) is 19.2. The van der Waals surface area contributed by atoms with Gasteiger partial charge >= 0.3 is 0 Å². The standard InChI is InChI=1S/C24H24ClN9O/c1-15(35)33-13-16-2-4-20-18(11-29-34(20)21(16)14-33)23-19(25)12-28-24(31-23)30-22-5-3-17(10-27-22)32-8-6-26-7-9-32/h2-5,10-12,26H,6-9,13-14H2,1H3,(H,27,28,30,31). The summed E-state index contributed by atoms with van der Waals surface area (Å²) in [5.74, 6) is 1.10. The third kappa shape index (κ3) is 4.04. The van der Waals surface area contributed by atoms with Gasteiger partial charge in [0.25, 0.3) is 0 Å². The Kier molecular flexibility index (Phi) is 5.46. The van der Waals surface area contributed by atoms with Gasteiger partial charge in [0.1, 0.15) is 5.82 Å². The molecule has 0 radical (unpaired) electrons. The van der Waals surface area contributed by atoms with Gasteiger partial charge < -0.3 is 20.4 Å². The first-order valence-electron chi connectivity index (χ1n) is 11.5. The van der Waals surface area contributed by atoms with Crippen LogP contribution in [0.1, 0.15) is 18.2 Å². The quantitative estimate of drug-likeness (QED) is 0.451. The second kappa shape index (κ2) is 8.79. The minimum absolute atomic E-state index is 0.0471. The van der Waals surface area contributed by atoms with Crippen LogP contribution in [0.25, 0.3) is 16.8 Å². The van der Waals surface area contributed by atoms with Gasteiger partial charge in [-0.05, 0) is 23.8 Å². The molecule has 0 saturated carbocycles. The molecular weight excluding hydrogens is 466 g/mol. The minimum atomic E-state index is 0.0471. The number of hydrogen-bond acceptors (Lipinski definition) is 8. The Morgan fingerprint density at radius 2 is 1.91 bits per heavy atom. The zero-order valence-corrected chi connectivity index (χ0v) is 20.0. The highest BCUT2D eigenvalue weighted by Crippen LogP contribution is 2.33. The monoisotopic (exact) mass is 489 g/mol. The lowest BCUT2D eigenvalue weighted by atomic mass is 10.1. The Labute approximate surface area is 207 Å². The van der Waals surface area contributed by atoms with Gasteiger partial charge in [-0.15, -0.1) is 0 Å². The van der Waals surface area contributed by atoms with E-state index in [4.69, 9.17) is 11.6 Å². The lowest BCUT2D eigenvalue weighted by Crippen LogP contribution is -2.43. The molecule has 2 N–H and O–H groups in total. The minimum Gasteiger partial charge on any atom is -0.368 e. The molecule has 0 aliphatic carbocycles. The molecule has 0 unspecified atom stereocenters. The van der Waals surface area contributed by atoms with E-state index < -0.39 is 0 Å². The maximum atomic E-state index is 11.9. The SMILES string of the molecule is CC(=O)N1Cc2ccc3c(-c4nc(Nc5ccc(N6CCNCC6)cn5)ncc4Cl)cnn3c2C1. The Morgan fingerprint density at radius 3 is 2.69 bits per heavy atom. The molecule has 0 aromatic carbocycles. The van der Waals surface area contributed by atoms with Crippen molar-refractivity contribution in [1.29, 1.82) is 0 Å². The summed E-state index contributed by atoms with van der Waals surface area (Å²) in [6.45, 7) is 6.59. The molecule has 178 valence electrons. The summed E-state index contributed by atoms with van der Waals surface area (Å²) in [5, 5.41) is 11.5. The molecule has 2 aliphatic heterocycles. The van der Waals surface area contributed by atoms with Crippen LogP contribution in [0.2, 0.25) is 5.02 Å². The highest BCUT2D eigenvalue weighted by Gasteiger charge is 2.25. The maximum Gasteiger partial charge on any atom is 0.228 e. The fourth-order valence-corrected chi connectivity index (χ4v) is 4.80. The van der Waals surface area contributed by atoms with Gasteiger partial charge in [-0.2, -0.15) is 5.10 Å². The van der Waals surface area contributed by atoms with E-state index in [2.05, 4.69) is 35.6 Å². The smallest absolute Gasteiger partial charge is 0.228 e. The van der Waals surface area contributed by atoms with Crippen molar-refractivity contribution in [2.45, 2.75) is 20.0 Å². The van der Waals surface area contributed by atoms with Crippen LogP contribution in [-0.4, -0.2) is 61.6 Å².